The number of carbonyl (C=O) groups excluding carboxylic acids is 3. The average molecular weight is 559 g/mol. The van der Waals surface area contributed by atoms with Gasteiger partial charge in [0.2, 0.25) is 0 Å². The molecule has 40 heavy (non-hydrogen) atoms. The number of nitrogens with zero attached hydrogens (tertiary/aromatic N) is 2. The first-order valence-corrected chi connectivity index (χ1v) is 13.9. The number of ether oxygens (including phenoxy) is 2. The predicted octanol–water partition coefficient (Wildman–Crippen LogP) is 5.87. The third kappa shape index (κ3) is 4.81. The predicted molar refractivity (Wildman–Crippen MR) is 153 cm³/mol. The molecule has 1 amide bonds. The van der Waals surface area contributed by atoms with E-state index in [4.69, 9.17) is 9.47 Å². The fourth-order valence-electron chi connectivity index (χ4n) is 5.01. The van der Waals surface area contributed by atoms with E-state index in [2.05, 4.69) is 25.4 Å². The van der Waals surface area contributed by atoms with Crippen molar-refractivity contribution in [2.75, 3.05) is 11.5 Å². The van der Waals surface area contributed by atoms with Gasteiger partial charge < -0.3 is 14.6 Å². The average Bonchev–Trinajstić information content (AvgIpc) is 3.58. The minimum Gasteiger partial charge on any atom is -0.507 e. The van der Waals surface area contributed by atoms with Crippen molar-refractivity contribution in [3.63, 3.8) is 0 Å². The molecule has 3 aromatic rings. The second-order valence-electron chi connectivity index (χ2n) is 10.2. The number of amides is 1. The normalized spacial score (nSPS) is 19.6. The van der Waals surface area contributed by atoms with Crippen LogP contribution >= 0.6 is 11.3 Å². The van der Waals surface area contributed by atoms with Crippen LogP contribution in [0.5, 0.6) is 5.75 Å². The number of ketones is 1. The van der Waals surface area contributed by atoms with E-state index < -0.39 is 23.7 Å². The van der Waals surface area contributed by atoms with E-state index >= 15 is 0 Å². The fraction of sp³-hybridized carbons (Fsp3) is 0.290. The number of Topliss-reactive ketones (excluding diaryl/α,β-unsaturated/α-hetero) is 1. The third-order valence-electron chi connectivity index (χ3n) is 7.04. The van der Waals surface area contributed by atoms with Crippen LogP contribution in [0.2, 0.25) is 0 Å². The van der Waals surface area contributed by atoms with E-state index in [9.17, 15) is 19.5 Å². The number of hydrogen-bond acceptors (Lipinski definition) is 8. The number of hydrogen-bond donors (Lipinski definition) is 1. The van der Waals surface area contributed by atoms with Crippen molar-refractivity contribution in [1.29, 1.82) is 0 Å². The Bertz CT molecular complexity index is 1550. The van der Waals surface area contributed by atoms with Crippen molar-refractivity contribution in [3.05, 3.63) is 93.5 Å². The van der Waals surface area contributed by atoms with E-state index in [0.717, 1.165) is 28.2 Å². The maximum atomic E-state index is 13.6. The molecule has 2 aromatic carbocycles. The summed E-state index contributed by atoms with van der Waals surface area (Å²) in [5, 5.41) is 11.7. The third-order valence-corrected chi connectivity index (χ3v) is 8.18. The Morgan fingerprint density at radius 3 is 2.65 bits per heavy atom. The number of aliphatic hydroxyl groups excluding tert-OH is 1. The van der Waals surface area contributed by atoms with Crippen molar-refractivity contribution in [2.45, 2.75) is 52.2 Å². The molecule has 2 atom stereocenters. The molecule has 1 N–H and O–H groups in total. The van der Waals surface area contributed by atoms with Crippen molar-refractivity contribution < 1.29 is 29.0 Å². The Morgan fingerprint density at radius 1 is 1.25 bits per heavy atom. The number of carbonyl (C=O) groups is 3. The van der Waals surface area contributed by atoms with Gasteiger partial charge in [-0.2, -0.15) is 0 Å². The Balaban J connectivity index is 1.65. The summed E-state index contributed by atoms with van der Waals surface area (Å²) < 4.78 is 11.0. The van der Waals surface area contributed by atoms with E-state index in [0.29, 0.717) is 23.2 Å². The zero-order valence-corrected chi connectivity index (χ0v) is 23.6. The highest BCUT2D eigenvalue weighted by molar-refractivity contribution is 7.17. The summed E-state index contributed by atoms with van der Waals surface area (Å²) in [4.78, 5) is 45.7. The highest BCUT2D eigenvalue weighted by Gasteiger charge is 2.48. The number of aromatic nitrogens is 1. The van der Waals surface area contributed by atoms with E-state index in [1.54, 1.807) is 25.1 Å². The van der Waals surface area contributed by atoms with Gasteiger partial charge in [-0.15, -0.1) is 0 Å². The number of fused-ring (bicyclic) bond motifs is 1. The number of rotatable bonds is 7. The number of anilines is 1. The van der Waals surface area contributed by atoms with Crippen LogP contribution in [-0.4, -0.2) is 40.5 Å². The van der Waals surface area contributed by atoms with E-state index in [1.165, 1.54) is 11.0 Å². The van der Waals surface area contributed by atoms with Gasteiger partial charge in [-0.3, -0.25) is 14.5 Å². The molecule has 2 aliphatic rings. The van der Waals surface area contributed by atoms with E-state index in [-0.39, 0.29) is 40.0 Å². The summed E-state index contributed by atoms with van der Waals surface area (Å²) in [6, 6.07) is 11.9. The minimum absolute atomic E-state index is 0.0120. The number of thiazole rings is 1. The molecule has 0 radical (unpaired) electrons. The molecule has 0 spiro atoms. The lowest BCUT2D eigenvalue weighted by molar-refractivity contribution is -0.132. The zero-order chi connectivity index (χ0) is 28.7. The zero-order valence-electron chi connectivity index (χ0n) is 22.8. The maximum absolute atomic E-state index is 13.6. The maximum Gasteiger partial charge on any atom is 0.350 e. The first-order valence-electron chi connectivity index (χ1n) is 13.1. The lowest BCUT2D eigenvalue weighted by Crippen LogP contribution is -2.29. The highest BCUT2D eigenvalue weighted by Crippen LogP contribution is 2.44. The molecule has 0 bridgehead atoms. The number of aliphatic hydroxyl groups is 1. The number of aryl methyl sites for hydroxylation is 1. The second-order valence-corrected chi connectivity index (χ2v) is 11.2. The topological polar surface area (TPSA) is 106 Å². The largest absolute Gasteiger partial charge is 0.507 e. The molecule has 206 valence electrons. The quantitative estimate of drug-likeness (QED) is 0.127. The SMILES string of the molecule is C=CCOC(=O)c1sc(N2C(=O)C(=O)/C(=C(/O)c3ccc4c(c3)C[C@@H](C)O4)[C@H]2c2ccc(C(C)C)cc2)nc1C. The fourth-order valence-corrected chi connectivity index (χ4v) is 6.00. The molecule has 9 heteroatoms. The van der Waals surface area contributed by atoms with Gasteiger partial charge in [0.1, 0.15) is 29.1 Å². The van der Waals surface area contributed by atoms with Crippen molar-refractivity contribution >= 4 is 39.9 Å². The first-order chi connectivity index (χ1) is 19.1. The van der Waals surface area contributed by atoms with Crippen LogP contribution < -0.4 is 9.64 Å². The van der Waals surface area contributed by atoms with E-state index in [1.807, 2.05) is 31.2 Å². The van der Waals surface area contributed by atoms with Gasteiger partial charge in [0.05, 0.1) is 17.3 Å². The van der Waals surface area contributed by atoms with Crippen LogP contribution in [0.15, 0.2) is 60.7 Å². The van der Waals surface area contributed by atoms with Crippen LogP contribution in [0.3, 0.4) is 0 Å². The molecule has 3 heterocycles. The summed E-state index contributed by atoms with van der Waals surface area (Å²) in [6.07, 6.45) is 2.15. The molecule has 5 rings (SSSR count). The van der Waals surface area contributed by atoms with Gasteiger partial charge in [-0.1, -0.05) is 62.1 Å². The minimum atomic E-state index is -0.952. The van der Waals surface area contributed by atoms with Crippen molar-refractivity contribution in [1.82, 2.24) is 4.98 Å². The molecular weight excluding hydrogens is 528 g/mol. The van der Waals surface area contributed by atoms with Crippen molar-refractivity contribution in [2.24, 2.45) is 0 Å². The summed E-state index contributed by atoms with van der Waals surface area (Å²) in [5.74, 6) is -1.52. The summed E-state index contributed by atoms with van der Waals surface area (Å²) in [5.41, 5.74) is 3.39. The number of benzene rings is 2. The molecule has 0 aliphatic carbocycles. The van der Waals surface area contributed by atoms with Gasteiger partial charge in [-0.25, -0.2) is 9.78 Å². The van der Waals surface area contributed by atoms with Gasteiger partial charge in [-0.05, 0) is 54.7 Å². The highest BCUT2D eigenvalue weighted by atomic mass is 32.1. The lowest BCUT2D eigenvalue weighted by Gasteiger charge is -2.23. The molecular formula is C31H30N2O6S. The summed E-state index contributed by atoms with van der Waals surface area (Å²) >= 11 is 0.966. The molecule has 8 nitrogen and oxygen atoms in total. The smallest absolute Gasteiger partial charge is 0.350 e. The molecule has 0 unspecified atom stereocenters. The lowest BCUT2D eigenvalue weighted by atomic mass is 9.93. The molecule has 1 fully saturated rings. The Kier molecular flexibility index (Phi) is 7.33. The van der Waals surface area contributed by atoms with Crippen LogP contribution in [0, 0.1) is 6.92 Å². The molecule has 2 aliphatic heterocycles. The van der Waals surface area contributed by atoms with Crippen LogP contribution in [-0.2, 0) is 20.7 Å². The van der Waals surface area contributed by atoms with Crippen LogP contribution in [0.4, 0.5) is 5.13 Å². The van der Waals surface area contributed by atoms with Gasteiger partial charge in [0.25, 0.3) is 5.78 Å². The van der Waals surface area contributed by atoms with Crippen LogP contribution in [0.1, 0.15) is 70.4 Å². The monoisotopic (exact) mass is 558 g/mol. The van der Waals surface area contributed by atoms with Gasteiger partial charge >= 0.3 is 11.9 Å². The standard InChI is InChI=1S/C31H30N2O6S/c1-6-13-38-30(37)28-18(5)32-31(40-28)33-25(20-9-7-19(8-10-20)16(2)3)24(27(35)29(33)36)26(34)21-11-12-23-22(15-21)14-17(4)39-23/h6-12,15-17,25,34H,1,13-14H2,2-5H3/b26-24+/t17-,25-/m1/s1. The molecule has 1 aromatic heterocycles. The first kappa shape index (κ1) is 27.3. The van der Waals surface area contributed by atoms with Crippen LogP contribution in [0.25, 0.3) is 5.76 Å². The summed E-state index contributed by atoms with van der Waals surface area (Å²) in [6.45, 7) is 11.3. The molecule has 1 saturated heterocycles. The Morgan fingerprint density at radius 2 is 1.98 bits per heavy atom. The summed E-state index contributed by atoms with van der Waals surface area (Å²) in [7, 11) is 0. The number of esters is 1. The van der Waals surface area contributed by atoms with Gasteiger partial charge in [0, 0.05) is 12.0 Å². The molecule has 0 saturated carbocycles. The van der Waals surface area contributed by atoms with Crippen molar-refractivity contribution in [3.8, 4) is 5.75 Å². The second kappa shape index (κ2) is 10.7. The van der Waals surface area contributed by atoms with Gasteiger partial charge in [0.15, 0.2) is 5.13 Å². The Labute approximate surface area is 236 Å². The Hall–Kier alpha value is -4.24.